The van der Waals surface area contributed by atoms with Gasteiger partial charge >= 0.3 is 0 Å². The Hall–Kier alpha value is -2.24. The SMILES string of the molecule is CC[C@H](C)[C@@H](NC(=O)C1CCC(C)CC1)C(=O)Nc1cc(OC)ccc1OC. The van der Waals surface area contributed by atoms with E-state index in [1.807, 2.05) is 13.8 Å². The molecule has 2 N–H and O–H groups in total. The number of hydrogen-bond acceptors (Lipinski definition) is 4. The van der Waals surface area contributed by atoms with Gasteiger partial charge < -0.3 is 20.1 Å². The summed E-state index contributed by atoms with van der Waals surface area (Å²) in [4.78, 5) is 25.8. The molecule has 0 spiro atoms. The summed E-state index contributed by atoms with van der Waals surface area (Å²) in [6.45, 7) is 6.23. The third kappa shape index (κ3) is 5.63. The number of carbonyl (C=O) groups is 2. The molecule has 2 rings (SSSR count). The van der Waals surface area contributed by atoms with E-state index >= 15 is 0 Å². The van der Waals surface area contributed by atoms with Crippen molar-refractivity contribution in [2.45, 2.75) is 58.9 Å². The van der Waals surface area contributed by atoms with Crippen molar-refractivity contribution < 1.29 is 19.1 Å². The highest BCUT2D eigenvalue weighted by atomic mass is 16.5. The smallest absolute Gasteiger partial charge is 0.247 e. The van der Waals surface area contributed by atoms with Crippen LogP contribution in [0.25, 0.3) is 0 Å². The van der Waals surface area contributed by atoms with Gasteiger partial charge in [0.05, 0.1) is 19.9 Å². The van der Waals surface area contributed by atoms with Crippen molar-refractivity contribution in [3.05, 3.63) is 18.2 Å². The molecule has 1 saturated carbocycles. The number of hydrogen-bond donors (Lipinski definition) is 2. The normalized spacial score (nSPS) is 21.3. The number of rotatable bonds is 8. The van der Waals surface area contributed by atoms with Crippen molar-refractivity contribution in [1.29, 1.82) is 0 Å². The molecule has 0 bridgehead atoms. The summed E-state index contributed by atoms with van der Waals surface area (Å²) in [6.07, 6.45) is 4.71. The zero-order valence-electron chi connectivity index (χ0n) is 17.7. The highest BCUT2D eigenvalue weighted by molar-refractivity contribution is 5.98. The maximum Gasteiger partial charge on any atom is 0.247 e. The lowest BCUT2D eigenvalue weighted by molar-refractivity contribution is -0.131. The summed E-state index contributed by atoms with van der Waals surface area (Å²) in [6, 6.07) is 4.64. The Morgan fingerprint density at radius 1 is 1.14 bits per heavy atom. The molecule has 28 heavy (non-hydrogen) atoms. The van der Waals surface area contributed by atoms with Crippen LogP contribution >= 0.6 is 0 Å². The van der Waals surface area contributed by atoms with Crippen LogP contribution in [0.1, 0.15) is 52.9 Å². The van der Waals surface area contributed by atoms with E-state index in [9.17, 15) is 9.59 Å². The van der Waals surface area contributed by atoms with Crippen LogP contribution in [0.4, 0.5) is 5.69 Å². The fourth-order valence-electron chi connectivity index (χ4n) is 3.62. The first kappa shape index (κ1) is 22.1. The molecule has 6 heteroatoms. The van der Waals surface area contributed by atoms with Gasteiger partial charge in [-0.1, -0.05) is 27.2 Å². The van der Waals surface area contributed by atoms with Crippen molar-refractivity contribution >= 4 is 17.5 Å². The number of amides is 2. The molecule has 2 amide bonds. The van der Waals surface area contributed by atoms with Crippen LogP contribution < -0.4 is 20.1 Å². The van der Waals surface area contributed by atoms with E-state index in [0.717, 1.165) is 32.1 Å². The topological polar surface area (TPSA) is 76.7 Å². The fraction of sp³-hybridized carbons (Fsp3) is 0.636. The molecule has 0 aromatic heterocycles. The second kappa shape index (κ2) is 10.3. The number of nitrogens with one attached hydrogen (secondary N) is 2. The molecule has 1 fully saturated rings. The molecule has 1 aromatic carbocycles. The van der Waals surface area contributed by atoms with Gasteiger partial charge in [-0.2, -0.15) is 0 Å². The average molecular weight is 391 g/mol. The molecule has 2 atom stereocenters. The molecule has 1 aromatic rings. The lowest BCUT2D eigenvalue weighted by Crippen LogP contribution is -2.49. The minimum atomic E-state index is -0.590. The van der Waals surface area contributed by atoms with E-state index in [4.69, 9.17) is 9.47 Å². The first-order chi connectivity index (χ1) is 13.4. The number of benzene rings is 1. The van der Waals surface area contributed by atoms with Gasteiger partial charge in [0.15, 0.2) is 0 Å². The van der Waals surface area contributed by atoms with Crippen LogP contribution in [-0.4, -0.2) is 32.1 Å². The molecule has 0 aliphatic heterocycles. The van der Waals surface area contributed by atoms with E-state index in [1.165, 1.54) is 0 Å². The minimum absolute atomic E-state index is 0.00177. The maximum atomic E-state index is 13.0. The molecule has 0 heterocycles. The van der Waals surface area contributed by atoms with Gasteiger partial charge in [0.1, 0.15) is 17.5 Å². The Morgan fingerprint density at radius 3 is 2.39 bits per heavy atom. The van der Waals surface area contributed by atoms with Gasteiger partial charge in [-0.15, -0.1) is 0 Å². The van der Waals surface area contributed by atoms with Crippen LogP contribution in [0, 0.1) is 17.8 Å². The lowest BCUT2D eigenvalue weighted by Gasteiger charge is -2.29. The van der Waals surface area contributed by atoms with Gasteiger partial charge in [0.2, 0.25) is 11.8 Å². The number of methoxy groups -OCH3 is 2. The van der Waals surface area contributed by atoms with Crippen molar-refractivity contribution in [1.82, 2.24) is 5.32 Å². The Bertz CT molecular complexity index is 669. The Morgan fingerprint density at radius 2 is 1.82 bits per heavy atom. The molecule has 156 valence electrons. The van der Waals surface area contributed by atoms with Crippen molar-refractivity contribution in [2.75, 3.05) is 19.5 Å². The third-order valence-corrected chi connectivity index (χ3v) is 5.84. The van der Waals surface area contributed by atoms with Crippen LogP contribution in [-0.2, 0) is 9.59 Å². The predicted molar refractivity (Wildman–Crippen MR) is 111 cm³/mol. The van der Waals surface area contributed by atoms with Gasteiger partial charge in [0, 0.05) is 12.0 Å². The van der Waals surface area contributed by atoms with Gasteiger partial charge in [0.25, 0.3) is 0 Å². The Labute approximate surface area is 168 Å². The summed E-state index contributed by atoms with van der Waals surface area (Å²) >= 11 is 0. The number of ether oxygens (including phenoxy) is 2. The maximum absolute atomic E-state index is 13.0. The van der Waals surface area contributed by atoms with Crippen molar-refractivity contribution in [3.8, 4) is 11.5 Å². The molecule has 0 unspecified atom stereocenters. The summed E-state index contributed by atoms with van der Waals surface area (Å²) < 4.78 is 10.6. The van der Waals surface area contributed by atoms with Crippen LogP contribution in [0.3, 0.4) is 0 Å². The Kier molecular flexibility index (Phi) is 8.15. The largest absolute Gasteiger partial charge is 0.497 e. The third-order valence-electron chi connectivity index (χ3n) is 5.84. The van der Waals surface area contributed by atoms with Gasteiger partial charge in [-0.05, 0) is 49.7 Å². The van der Waals surface area contributed by atoms with Crippen molar-refractivity contribution in [3.63, 3.8) is 0 Å². The quantitative estimate of drug-likeness (QED) is 0.703. The first-order valence-electron chi connectivity index (χ1n) is 10.2. The zero-order valence-corrected chi connectivity index (χ0v) is 17.7. The number of carbonyl (C=O) groups excluding carboxylic acids is 2. The molecule has 0 saturated heterocycles. The molecule has 0 radical (unpaired) electrons. The van der Waals surface area contributed by atoms with Crippen LogP contribution in [0.5, 0.6) is 11.5 Å². The van der Waals surface area contributed by atoms with Gasteiger partial charge in [-0.25, -0.2) is 0 Å². The molecule has 6 nitrogen and oxygen atoms in total. The Balaban J connectivity index is 2.12. The monoisotopic (exact) mass is 390 g/mol. The summed E-state index contributed by atoms with van der Waals surface area (Å²) in [5.74, 6) is 1.62. The minimum Gasteiger partial charge on any atom is -0.497 e. The molecular formula is C22H34N2O4. The fourth-order valence-corrected chi connectivity index (χ4v) is 3.62. The van der Waals surface area contributed by atoms with Crippen molar-refractivity contribution in [2.24, 2.45) is 17.8 Å². The summed E-state index contributed by atoms with van der Waals surface area (Å²) in [7, 11) is 3.12. The van der Waals surface area contributed by atoms with E-state index in [0.29, 0.717) is 23.1 Å². The molecule has 1 aliphatic carbocycles. The summed E-state index contributed by atoms with van der Waals surface area (Å²) in [5.41, 5.74) is 0.529. The average Bonchev–Trinajstić information content (AvgIpc) is 2.71. The standard InChI is InChI=1S/C22H34N2O4/c1-6-15(3)20(24-21(25)16-9-7-14(2)8-10-16)22(26)23-18-13-17(27-4)11-12-19(18)28-5/h11-16,20H,6-10H2,1-5H3,(H,23,26)(H,24,25)/t14?,15-,16?,20+/m0/s1. The van der Waals surface area contributed by atoms with E-state index in [2.05, 4.69) is 17.6 Å². The predicted octanol–water partition coefficient (Wildman–Crippen LogP) is 4.00. The second-order valence-corrected chi connectivity index (χ2v) is 7.88. The highest BCUT2D eigenvalue weighted by Crippen LogP contribution is 2.30. The van der Waals surface area contributed by atoms with Crippen LogP contribution in [0.15, 0.2) is 18.2 Å². The second-order valence-electron chi connectivity index (χ2n) is 7.88. The van der Waals surface area contributed by atoms with Crippen LogP contribution in [0.2, 0.25) is 0 Å². The molecular weight excluding hydrogens is 356 g/mol. The van der Waals surface area contributed by atoms with E-state index in [1.54, 1.807) is 32.4 Å². The number of anilines is 1. The summed E-state index contributed by atoms with van der Waals surface area (Å²) in [5, 5.41) is 5.92. The highest BCUT2D eigenvalue weighted by Gasteiger charge is 2.31. The van der Waals surface area contributed by atoms with Gasteiger partial charge in [-0.3, -0.25) is 9.59 Å². The zero-order chi connectivity index (χ0) is 20.7. The first-order valence-corrected chi connectivity index (χ1v) is 10.2. The van der Waals surface area contributed by atoms with E-state index in [-0.39, 0.29) is 23.7 Å². The van der Waals surface area contributed by atoms with E-state index < -0.39 is 6.04 Å². The molecule has 1 aliphatic rings. The lowest BCUT2D eigenvalue weighted by atomic mass is 9.82.